The third kappa shape index (κ3) is 5.90. The molecule has 0 fully saturated rings. The van der Waals surface area contributed by atoms with E-state index in [2.05, 4.69) is 48.4 Å². The fraction of sp³-hybridized carbons (Fsp3) is 0.625. The van der Waals surface area contributed by atoms with Crippen LogP contribution in [0.3, 0.4) is 0 Å². The van der Waals surface area contributed by atoms with Crippen molar-refractivity contribution in [2.24, 2.45) is 0 Å². The third-order valence-electron chi connectivity index (χ3n) is 3.37. The largest absolute Gasteiger partial charge is 0.494 e. The van der Waals surface area contributed by atoms with Crippen LogP contribution in [0.5, 0.6) is 5.75 Å². The van der Waals surface area contributed by atoms with Crippen molar-refractivity contribution in [2.45, 2.75) is 13.0 Å². The van der Waals surface area contributed by atoms with Crippen molar-refractivity contribution in [2.75, 3.05) is 54.4 Å². The van der Waals surface area contributed by atoms with Crippen molar-refractivity contribution in [3.8, 4) is 5.75 Å². The number of nitrogens with zero attached hydrogens (tertiary/aromatic N) is 2. The minimum atomic E-state index is 0.345. The van der Waals surface area contributed by atoms with Gasteiger partial charge in [0.2, 0.25) is 0 Å². The van der Waals surface area contributed by atoms with E-state index in [0.717, 1.165) is 25.4 Å². The predicted molar refractivity (Wildman–Crippen MR) is 85.5 cm³/mol. The van der Waals surface area contributed by atoms with Crippen LogP contribution < -0.4 is 10.1 Å². The van der Waals surface area contributed by atoms with Crippen LogP contribution in [0.4, 0.5) is 0 Å². The molecule has 0 saturated heterocycles. The van der Waals surface area contributed by atoms with Crippen molar-refractivity contribution >= 4 is 0 Å². The highest BCUT2D eigenvalue weighted by atomic mass is 16.5. The zero-order valence-electron chi connectivity index (χ0n) is 13.5. The van der Waals surface area contributed by atoms with E-state index in [0.29, 0.717) is 12.6 Å². The lowest BCUT2D eigenvalue weighted by Gasteiger charge is -2.25. The summed E-state index contributed by atoms with van der Waals surface area (Å²) in [6.45, 7) is 5.86. The molecule has 0 aliphatic rings. The number of hydrogen-bond acceptors (Lipinski definition) is 4. The summed E-state index contributed by atoms with van der Waals surface area (Å²) < 4.78 is 5.48. The van der Waals surface area contributed by atoms with E-state index in [-0.39, 0.29) is 0 Å². The molecule has 0 heterocycles. The minimum absolute atomic E-state index is 0.345. The standard InChI is InChI=1S/C16H29N3O/c1-6-20-15-9-7-14(8-10-15)16(17-2)13-19(5)12-11-18(3)4/h7-10,16-17H,6,11-13H2,1-5H3. The Kier molecular flexibility index (Phi) is 7.59. The van der Waals surface area contributed by atoms with Gasteiger partial charge in [-0.05, 0) is 52.8 Å². The normalized spacial score (nSPS) is 12.9. The highest BCUT2D eigenvalue weighted by Gasteiger charge is 2.12. The van der Waals surface area contributed by atoms with Crippen LogP contribution in [-0.2, 0) is 0 Å². The molecule has 1 atom stereocenters. The summed E-state index contributed by atoms with van der Waals surface area (Å²) >= 11 is 0. The Balaban J connectivity index is 2.56. The summed E-state index contributed by atoms with van der Waals surface area (Å²) in [5.41, 5.74) is 1.30. The molecule has 0 radical (unpaired) electrons. The first-order valence-electron chi connectivity index (χ1n) is 7.30. The number of ether oxygens (including phenoxy) is 1. The van der Waals surface area contributed by atoms with Crippen molar-refractivity contribution in [1.82, 2.24) is 15.1 Å². The average Bonchev–Trinajstić information content (AvgIpc) is 2.44. The molecule has 0 amide bonds. The quantitative estimate of drug-likeness (QED) is 0.746. The van der Waals surface area contributed by atoms with Crippen LogP contribution >= 0.6 is 0 Å². The van der Waals surface area contributed by atoms with Gasteiger partial charge in [0.1, 0.15) is 5.75 Å². The summed E-state index contributed by atoms with van der Waals surface area (Å²) in [5.74, 6) is 0.937. The van der Waals surface area contributed by atoms with Gasteiger partial charge in [-0.3, -0.25) is 0 Å². The smallest absolute Gasteiger partial charge is 0.119 e. The maximum absolute atomic E-state index is 5.48. The summed E-state index contributed by atoms with van der Waals surface area (Å²) in [7, 11) is 8.40. The molecular formula is C16H29N3O. The first-order valence-corrected chi connectivity index (χ1v) is 7.30. The minimum Gasteiger partial charge on any atom is -0.494 e. The van der Waals surface area contributed by atoms with E-state index < -0.39 is 0 Å². The molecule has 0 aliphatic carbocycles. The van der Waals surface area contributed by atoms with E-state index in [1.54, 1.807) is 0 Å². The Morgan fingerprint density at radius 3 is 2.25 bits per heavy atom. The molecule has 1 N–H and O–H groups in total. The SMILES string of the molecule is CCOc1ccc(C(CN(C)CCN(C)C)NC)cc1. The molecule has 0 saturated carbocycles. The van der Waals surface area contributed by atoms with E-state index in [4.69, 9.17) is 4.74 Å². The van der Waals surface area contributed by atoms with Gasteiger partial charge in [-0.2, -0.15) is 0 Å². The topological polar surface area (TPSA) is 27.7 Å². The van der Waals surface area contributed by atoms with E-state index in [1.165, 1.54) is 5.56 Å². The zero-order chi connectivity index (χ0) is 15.0. The van der Waals surface area contributed by atoms with Crippen molar-refractivity contribution in [3.05, 3.63) is 29.8 Å². The maximum atomic E-state index is 5.48. The molecule has 4 heteroatoms. The molecule has 1 aromatic rings. The molecule has 4 nitrogen and oxygen atoms in total. The predicted octanol–water partition coefficient (Wildman–Crippen LogP) is 1.84. The molecule has 1 aromatic carbocycles. The maximum Gasteiger partial charge on any atom is 0.119 e. The van der Waals surface area contributed by atoms with Crippen LogP contribution in [0.25, 0.3) is 0 Å². The van der Waals surface area contributed by atoms with Gasteiger partial charge in [-0.25, -0.2) is 0 Å². The van der Waals surface area contributed by atoms with Crippen LogP contribution in [0.1, 0.15) is 18.5 Å². The Hall–Kier alpha value is -1.10. The molecule has 0 spiro atoms. The first-order chi connectivity index (χ1) is 9.56. The van der Waals surface area contributed by atoms with Gasteiger partial charge >= 0.3 is 0 Å². The number of nitrogens with one attached hydrogen (secondary N) is 1. The highest BCUT2D eigenvalue weighted by Crippen LogP contribution is 2.18. The number of likely N-dealkylation sites (N-methyl/N-ethyl adjacent to an activating group) is 3. The lowest BCUT2D eigenvalue weighted by atomic mass is 10.1. The molecule has 1 rings (SSSR count). The van der Waals surface area contributed by atoms with Crippen molar-refractivity contribution in [3.63, 3.8) is 0 Å². The van der Waals surface area contributed by atoms with Crippen LogP contribution in [0.15, 0.2) is 24.3 Å². The van der Waals surface area contributed by atoms with Gasteiger partial charge < -0.3 is 19.9 Å². The Morgan fingerprint density at radius 2 is 1.75 bits per heavy atom. The van der Waals surface area contributed by atoms with Gasteiger partial charge in [0.15, 0.2) is 0 Å². The summed E-state index contributed by atoms with van der Waals surface area (Å²) in [6.07, 6.45) is 0. The molecule has 20 heavy (non-hydrogen) atoms. The van der Waals surface area contributed by atoms with Crippen LogP contribution in [0.2, 0.25) is 0 Å². The Labute approximate surface area is 123 Å². The van der Waals surface area contributed by atoms with Crippen LogP contribution in [0, 0.1) is 0 Å². The van der Waals surface area contributed by atoms with E-state index in [1.807, 2.05) is 26.1 Å². The molecular weight excluding hydrogens is 250 g/mol. The van der Waals surface area contributed by atoms with Gasteiger partial charge in [0.05, 0.1) is 6.61 Å². The molecule has 1 unspecified atom stereocenters. The lowest BCUT2D eigenvalue weighted by Crippen LogP contribution is -2.35. The van der Waals surface area contributed by atoms with E-state index >= 15 is 0 Å². The number of hydrogen-bond donors (Lipinski definition) is 1. The molecule has 0 bridgehead atoms. The molecule has 0 aromatic heterocycles. The number of rotatable bonds is 9. The molecule has 114 valence electrons. The first kappa shape index (κ1) is 17.0. The fourth-order valence-corrected chi connectivity index (χ4v) is 2.10. The van der Waals surface area contributed by atoms with Crippen molar-refractivity contribution in [1.29, 1.82) is 0 Å². The molecule has 0 aliphatic heterocycles. The van der Waals surface area contributed by atoms with Gasteiger partial charge in [0.25, 0.3) is 0 Å². The van der Waals surface area contributed by atoms with Crippen molar-refractivity contribution < 1.29 is 4.74 Å². The second kappa shape index (κ2) is 8.95. The highest BCUT2D eigenvalue weighted by molar-refractivity contribution is 5.29. The zero-order valence-corrected chi connectivity index (χ0v) is 13.5. The Morgan fingerprint density at radius 1 is 1.10 bits per heavy atom. The lowest BCUT2D eigenvalue weighted by molar-refractivity contribution is 0.260. The third-order valence-corrected chi connectivity index (χ3v) is 3.37. The van der Waals surface area contributed by atoms with E-state index in [9.17, 15) is 0 Å². The monoisotopic (exact) mass is 279 g/mol. The summed E-state index contributed by atoms with van der Waals surface area (Å²) in [6, 6.07) is 8.72. The second-order valence-corrected chi connectivity index (χ2v) is 5.41. The van der Waals surface area contributed by atoms with Gasteiger partial charge in [-0.15, -0.1) is 0 Å². The summed E-state index contributed by atoms with van der Waals surface area (Å²) in [4.78, 5) is 4.57. The Bertz CT molecular complexity index is 364. The van der Waals surface area contributed by atoms with Gasteiger partial charge in [0, 0.05) is 25.7 Å². The summed E-state index contributed by atoms with van der Waals surface area (Å²) in [5, 5.41) is 3.39. The second-order valence-electron chi connectivity index (χ2n) is 5.41. The number of benzene rings is 1. The van der Waals surface area contributed by atoms with Crippen LogP contribution in [-0.4, -0.2) is 64.2 Å². The van der Waals surface area contributed by atoms with Gasteiger partial charge in [-0.1, -0.05) is 12.1 Å². The average molecular weight is 279 g/mol. The fourth-order valence-electron chi connectivity index (χ4n) is 2.10.